The second-order valence-electron chi connectivity index (χ2n) is 4.72. The van der Waals surface area contributed by atoms with Gasteiger partial charge in [0.25, 0.3) is 0 Å². The van der Waals surface area contributed by atoms with E-state index in [0.29, 0.717) is 8.95 Å². The second kappa shape index (κ2) is 7.22. The number of ether oxygens (including phenoxy) is 2. The Balaban J connectivity index is 3.27. The van der Waals surface area contributed by atoms with Gasteiger partial charge in [-0.2, -0.15) is 0 Å². The minimum absolute atomic E-state index is 0.172. The monoisotopic (exact) mass is 406 g/mol. The Morgan fingerprint density at radius 1 is 0.950 bits per heavy atom. The van der Waals surface area contributed by atoms with Crippen molar-refractivity contribution in [2.24, 2.45) is 0 Å². The van der Waals surface area contributed by atoms with E-state index in [9.17, 15) is 9.59 Å². The summed E-state index contributed by atoms with van der Waals surface area (Å²) in [4.78, 5) is 24.2. The van der Waals surface area contributed by atoms with Gasteiger partial charge in [0.1, 0.15) is 0 Å². The molecule has 0 amide bonds. The number of benzene rings is 1. The summed E-state index contributed by atoms with van der Waals surface area (Å²) in [6, 6.07) is 3.23. The Hall–Kier alpha value is -0.880. The zero-order chi connectivity index (χ0) is 15.4. The summed E-state index contributed by atoms with van der Waals surface area (Å²) < 4.78 is 11.5. The topological polar surface area (TPSA) is 52.6 Å². The zero-order valence-electron chi connectivity index (χ0n) is 11.7. The van der Waals surface area contributed by atoms with Crippen LogP contribution in [0.25, 0.3) is 0 Å². The second-order valence-corrected chi connectivity index (χ2v) is 6.49. The van der Waals surface area contributed by atoms with E-state index in [1.165, 1.54) is 0 Å². The Morgan fingerprint density at radius 2 is 1.45 bits per heavy atom. The fourth-order valence-corrected chi connectivity index (χ4v) is 2.88. The molecule has 0 bridgehead atoms. The number of esters is 2. The van der Waals surface area contributed by atoms with Crippen molar-refractivity contribution < 1.29 is 19.1 Å². The van der Waals surface area contributed by atoms with Gasteiger partial charge in [-0.25, -0.2) is 9.59 Å². The lowest BCUT2D eigenvalue weighted by Crippen LogP contribution is -2.19. The van der Waals surface area contributed by atoms with Crippen molar-refractivity contribution in [2.45, 2.75) is 39.9 Å². The van der Waals surface area contributed by atoms with Gasteiger partial charge in [-0.3, -0.25) is 0 Å². The van der Waals surface area contributed by atoms with E-state index in [2.05, 4.69) is 31.9 Å². The third-order valence-electron chi connectivity index (χ3n) is 2.16. The van der Waals surface area contributed by atoms with E-state index >= 15 is 0 Å². The standard InChI is InChI=1S/C14H16Br2O4/c1-7(2)19-13(17)10-5-9(15)6-11(16)12(10)14(18)20-8(3)4/h5-8H,1-4H3. The van der Waals surface area contributed by atoms with Gasteiger partial charge in [-0.15, -0.1) is 0 Å². The summed E-state index contributed by atoms with van der Waals surface area (Å²) in [7, 11) is 0. The lowest BCUT2D eigenvalue weighted by molar-refractivity contribution is 0.0327. The van der Waals surface area contributed by atoms with Crippen LogP contribution in [0.15, 0.2) is 21.1 Å². The number of halogens is 2. The minimum Gasteiger partial charge on any atom is -0.459 e. The maximum absolute atomic E-state index is 12.1. The van der Waals surface area contributed by atoms with Gasteiger partial charge >= 0.3 is 11.9 Å². The molecule has 6 heteroatoms. The molecule has 0 aliphatic carbocycles. The predicted octanol–water partition coefficient (Wildman–Crippen LogP) is 4.34. The summed E-state index contributed by atoms with van der Waals surface area (Å²) in [6.07, 6.45) is -0.541. The maximum atomic E-state index is 12.1. The molecule has 0 aromatic heterocycles. The molecular weight excluding hydrogens is 392 g/mol. The average molecular weight is 408 g/mol. The van der Waals surface area contributed by atoms with E-state index in [1.54, 1.807) is 39.8 Å². The fraction of sp³-hybridized carbons (Fsp3) is 0.429. The maximum Gasteiger partial charge on any atom is 0.340 e. The molecule has 1 aromatic carbocycles. The first-order chi connectivity index (χ1) is 9.22. The van der Waals surface area contributed by atoms with Crippen LogP contribution < -0.4 is 0 Å². The first-order valence-corrected chi connectivity index (χ1v) is 7.72. The van der Waals surface area contributed by atoms with Gasteiger partial charge in [0, 0.05) is 8.95 Å². The number of carbonyl (C=O) groups is 2. The van der Waals surface area contributed by atoms with Crippen LogP contribution >= 0.6 is 31.9 Å². The van der Waals surface area contributed by atoms with E-state index in [4.69, 9.17) is 9.47 Å². The van der Waals surface area contributed by atoms with Crippen molar-refractivity contribution in [3.05, 3.63) is 32.2 Å². The Labute approximate surface area is 135 Å². The zero-order valence-corrected chi connectivity index (χ0v) is 14.9. The van der Waals surface area contributed by atoms with E-state index in [1.807, 2.05) is 0 Å². The highest BCUT2D eigenvalue weighted by Gasteiger charge is 2.24. The molecule has 0 spiro atoms. The highest BCUT2D eigenvalue weighted by molar-refractivity contribution is 9.11. The smallest absolute Gasteiger partial charge is 0.340 e. The van der Waals surface area contributed by atoms with Crippen LogP contribution in [0.1, 0.15) is 48.4 Å². The molecule has 110 valence electrons. The molecule has 0 N–H and O–H groups in total. The highest BCUT2D eigenvalue weighted by atomic mass is 79.9. The predicted molar refractivity (Wildman–Crippen MR) is 82.9 cm³/mol. The van der Waals surface area contributed by atoms with Crippen molar-refractivity contribution >= 4 is 43.8 Å². The molecule has 20 heavy (non-hydrogen) atoms. The van der Waals surface area contributed by atoms with Crippen LogP contribution in [0.2, 0.25) is 0 Å². The first-order valence-electron chi connectivity index (χ1n) is 6.13. The molecule has 1 rings (SSSR count). The number of rotatable bonds is 4. The normalized spacial score (nSPS) is 10.8. The number of hydrogen-bond acceptors (Lipinski definition) is 4. The van der Waals surface area contributed by atoms with Crippen LogP contribution in [0.4, 0.5) is 0 Å². The number of hydrogen-bond donors (Lipinski definition) is 0. The summed E-state index contributed by atoms with van der Waals surface area (Å²) in [5.41, 5.74) is 0.346. The summed E-state index contributed by atoms with van der Waals surface area (Å²) in [5.74, 6) is -1.12. The van der Waals surface area contributed by atoms with Crippen molar-refractivity contribution in [2.75, 3.05) is 0 Å². The van der Waals surface area contributed by atoms with E-state index < -0.39 is 11.9 Å². The Kier molecular flexibility index (Phi) is 6.20. The molecule has 1 aromatic rings. The number of carbonyl (C=O) groups excluding carboxylic acids is 2. The molecule has 0 atom stereocenters. The van der Waals surface area contributed by atoms with Gasteiger partial charge in [0.15, 0.2) is 0 Å². The largest absolute Gasteiger partial charge is 0.459 e. The van der Waals surface area contributed by atoms with Crippen LogP contribution in [-0.4, -0.2) is 24.1 Å². The molecule has 4 nitrogen and oxygen atoms in total. The van der Waals surface area contributed by atoms with E-state index in [0.717, 1.165) is 0 Å². The lowest BCUT2D eigenvalue weighted by atomic mass is 10.1. The Bertz CT molecular complexity index is 524. The summed E-state index contributed by atoms with van der Waals surface area (Å²) in [6.45, 7) is 6.99. The third-order valence-corrected chi connectivity index (χ3v) is 3.25. The molecule has 0 heterocycles. The quantitative estimate of drug-likeness (QED) is 0.696. The fourth-order valence-electron chi connectivity index (χ4n) is 1.49. The third kappa shape index (κ3) is 4.59. The van der Waals surface area contributed by atoms with Crippen molar-refractivity contribution in [1.82, 2.24) is 0 Å². The molecule has 0 fully saturated rings. The van der Waals surface area contributed by atoms with Gasteiger partial charge in [0.05, 0.1) is 23.3 Å². The molecule has 0 aliphatic rings. The van der Waals surface area contributed by atoms with Crippen molar-refractivity contribution in [3.8, 4) is 0 Å². The van der Waals surface area contributed by atoms with E-state index in [-0.39, 0.29) is 23.3 Å². The van der Waals surface area contributed by atoms with Crippen LogP contribution in [0.5, 0.6) is 0 Å². The molecule has 0 saturated carbocycles. The van der Waals surface area contributed by atoms with Crippen LogP contribution in [0, 0.1) is 0 Å². The molecule has 0 saturated heterocycles. The van der Waals surface area contributed by atoms with Crippen molar-refractivity contribution in [3.63, 3.8) is 0 Å². The molecule has 0 unspecified atom stereocenters. The highest BCUT2D eigenvalue weighted by Crippen LogP contribution is 2.28. The van der Waals surface area contributed by atoms with Gasteiger partial charge in [-0.05, 0) is 55.8 Å². The van der Waals surface area contributed by atoms with Crippen molar-refractivity contribution in [1.29, 1.82) is 0 Å². The molecule has 0 aliphatic heterocycles. The van der Waals surface area contributed by atoms with Crippen LogP contribution in [-0.2, 0) is 9.47 Å². The lowest BCUT2D eigenvalue weighted by Gasteiger charge is -2.14. The van der Waals surface area contributed by atoms with Gasteiger partial charge < -0.3 is 9.47 Å². The van der Waals surface area contributed by atoms with Crippen LogP contribution in [0.3, 0.4) is 0 Å². The first kappa shape index (κ1) is 17.2. The average Bonchev–Trinajstić information content (AvgIpc) is 2.25. The Morgan fingerprint density at radius 3 is 1.95 bits per heavy atom. The van der Waals surface area contributed by atoms with Gasteiger partial charge in [-0.1, -0.05) is 15.9 Å². The summed E-state index contributed by atoms with van der Waals surface area (Å²) in [5, 5.41) is 0. The molecular formula is C14H16Br2O4. The SMILES string of the molecule is CC(C)OC(=O)c1cc(Br)cc(Br)c1C(=O)OC(C)C. The molecule has 0 radical (unpaired) electrons. The summed E-state index contributed by atoms with van der Waals surface area (Å²) >= 11 is 6.58. The van der Waals surface area contributed by atoms with Gasteiger partial charge in [0.2, 0.25) is 0 Å². The minimum atomic E-state index is -0.560.